The molecule has 0 radical (unpaired) electrons. The molecule has 3 aromatic rings. The third-order valence-corrected chi connectivity index (χ3v) is 4.68. The molecule has 10 nitrogen and oxygen atoms in total. The number of methoxy groups -OCH3 is 1. The molecule has 0 bridgehead atoms. The maximum absolute atomic E-state index is 13.2. The molecule has 148 valence electrons. The van der Waals surface area contributed by atoms with E-state index in [-0.39, 0.29) is 22.7 Å². The number of imidazole rings is 1. The average molecular weight is 400 g/mol. The fourth-order valence-corrected chi connectivity index (χ4v) is 3.33. The van der Waals surface area contributed by atoms with Crippen molar-refractivity contribution >= 4 is 17.8 Å². The minimum Gasteiger partial charge on any atom is -0.497 e. The molecule has 1 aromatic heterocycles. The number of nitrogens with two attached hydrogens (primary N) is 1. The number of hydrogen-bond donors (Lipinski definition) is 2. The molecule has 3 heterocycles. The van der Waals surface area contributed by atoms with Crippen LogP contribution in [0.5, 0.6) is 5.75 Å². The summed E-state index contributed by atoms with van der Waals surface area (Å²) in [6.45, 7) is 0. The number of benzene rings is 2. The Kier molecular flexibility index (Phi) is 3.85. The van der Waals surface area contributed by atoms with E-state index in [4.69, 9.17) is 15.9 Å². The molecule has 0 atom stereocenters. The smallest absolute Gasteiger partial charge is 0.299 e. The summed E-state index contributed by atoms with van der Waals surface area (Å²) in [7, 11) is 1.59. The number of anilines is 1. The highest BCUT2D eigenvalue weighted by Gasteiger charge is 2.24. The van der Waals surface area contributed by atoms with Gasteiger partial charge in [-0.05, 0) is 35.9 Å². The molecule has 5 rings (SSSR count). The Morgan fingerprint density at radius 1 is 1.03 bits per heavy atom. The summed E-state index contributed by atoms with van der Waals surface area (Å²) in [6.07, 6.45) is 1.68. The predicted octanol–water partition coefficient (Wildman–Crippen LogP) is 0.122. The van der Waals surface area contributed by atoms with Crippen LogP contribution in [0.2, 0.25) is 0 Å². The lowest BCUT2D eigenvalue weighted by atomic mass is 10.2. The van der Waals surface area contributed by atoms with Crippen molar-refractivity contribution in [3.63, 3.8) is 0 Å². The number of ether oxygens (including phenoxy) is 1. The van der Waals surface area contributed by atoms with Crippen molar-refractivity contribution in [3.05, 3.63) is 81.5 Å². The Morgan fingerprint density at radius 3 is 2.47 bits per heavy atom. The molecule has 10 heteroatoms. The van der Waals surface area contributed by atoms with Gasteiger partial charge in [-0.3, -0.25) is 10.2 Å². The lowest BCUT2D eigenvalue weighted by Crippen LogP contribution is -2.33. The first-order valence-corrected chi connectivity index (χ1v) is 9.02. The van der Waals surface area contributed by atoms with Crippen molar-refractivity contribution in [3.8, 4) is 17.4 Å². The summed E-state index contributed by atoms with van der Waals surface area (Å²) in [5.74, 6) is 1.24. The van der Waals surface area contributed by atoms with Crippen molar-refractivity contribution in [1.29, 1.82) is 5.41 Å². The molecule has 30 heavy (non-hydrogen) atoms. The monoisotopic (exact) mass is 400 g/mol. The normalized spacial score (nSPS) is 12.1. The van der Waals surface area contributed by atoms with Crippen LogP contribution < -0.4 is 27.0 Å². The first-order chi connectivity index (χ1) is 14.6. The van der Waals surface area contributed by atoms with Crippen LogP contribution in [-0.2, 0) is 0 Å². The second-order valence-corrected chi connectivity index (χ2v) is 6.52. The maximum atomic E-state index is 13.2. The zero-order chi connectivity index (χ0) is 20.8. The van der Waals surface area contributed by atoms with Crippen LogP contribution >= 0.6 is 0 Å². The predicted molar refractivity (Wildman–Crippen MR) is 109 cm³/mol. The highest BCUT2D eigenvalue weighted by atomic mass is 16.5. The minimum atomic E-state index is -0.396. The highest BCUT2D eigenvalue weighted by molar-refractivity contribution is 5.53. The molecule has 0 fully saturated rings. The first kappa shape index (κ1) is 17.6. The molecule has 0 saturated heterocycles. The number of rotatable bonds is 3. The van der Waals surface area contributed by atoms with Crippen LogP contribution in [0, 0.1) is 5.41 Å². The van der Waals surface area contributed by atoms with Gasteiger partial charge in [0.05, 0.1) is 12.8 Å². The molecule has 0 spiro atoms. The molecule has 3 N–H and O–H groups in total. The van der Waals surface area contributed by atoms with Gasteiger partial charge in [-0.2, -0.15) is 19.2 Å². The highest BCUT2D eigenvalue weighted by Crippen LogP contribution is 2.18. The van der Waals surface area contributed by atoms with Crippen LogP contribution in [0.25, 0.3) is 23.5 Å². The topological polar surface area (TPSA) is 129 Å². The number of para-hydroxylation sites is 1. The van der Waals surface area contributed by atoms with Crippen molar-refractivity contribution in [2.75, 3.05) is 12.8 Å². The van der Waals surface area contributed by atoms with Crippen LogP contribution in [0.3, 0.4) is 0 Å². The van der Waals surface area contributed by atoms with E-state index in [1.54, 1.807) is 29.9 Å². The Hall–Kier alpha value is -4.47. The largest absolute Gasteiger partial charge is 0.497 e. The maximum Gasteiger partial charge on any atom is 0.299 e. The molecular weight excluding hydrogens is 384 g/mol. The number of nitrogens with one attached hydrogen (secondary N) is 1. The summed E-state index contributed by atoms with van der Waals surface area (Å²) < 4.78 is 9.41. The van der Waals surface area contributed by atoms with Gasteiger partial charge in [0.1, 0.15) is 11.1 Å². The van der Waals surface area contributed by atoms with E-state index in [0.717, 1.165) is 17.0 Å². The van der Waals surface area contributed by atoms with Crippen molar-refractivity contribution in [1.82, 2.24) is 28.7 Å². The fraction of sp³-hybridized carbons (Fsp3) is 0.0500. The van der Waals surface area contributed by atoms with Gasteiger partial charge < -0.3 is 10.5 Å². The van der Waals surface area contributed by atoms with E-state index >= 15 is 0 Å². The number of hydrogen-bond acceptors (Lipinski definition) is 7. The van der Waals surface area contributed by atoms with Gasteiger partial charge in [0.15, 0.2) is 0 Å². The summed E-state index contributed by atoms with van der Waals surface area (Å²) in [5.41, 5.74) is 6.67. The lowest BCUT2D eigenvalue weighted by molar-refractivity contribution is 0.415. The lowest BCUT2D eigenvalue weighted by Gasteiger charge is -2.03. The van der Waals surface area contributed by atoms with Gasteiger partial charge in [-0.15, -0.1) is 0 Å². The average Bonchev–Trinajstić information content (AvgIpc) is 3.23. The summed E-state index contributed by atoms with van der Waals surface area (Å²) in [5, 5.41) is 8.47. The number of fused-ring (bicyclic) bond motifs is 3. The second-order valence-electron chi connectivity index (χ2n) is 6.52. The fourth-order valence-electron chi connectivity index (χ4n) is 3.33. The first-order valence-electron chi connectivity index (χ1n) is 9.02. The minimum absolute atomic E-state index is 0.0598. The van der Waals surface area contributed by atoms with E-state index in [9.17, 15) is 4.79 Å². The van der Waals surface area contributed by atoms with Gasteiger partial charge in [-0.25, -0.2) is 9.55 Å². The van der Waals surface area contributed by atoms with E-state index in [1.165, 1.54) is 9.20 Å². The summed E-state index contributed by atoms with van der Waals surface area (Å²) >= 11 is 0. The van der Waals surface area contributed by atoms with Crippen molar-refractivity contribution in [2.45, 2.75) is 0 Å². The third-order valence-electron chi connectivity index (χ3n) is 4.68. The van der Waals surface area contributed by atoms with E-state index in [2.05, 4.69) is 15.0 Å². The molecule has 0 saturated carbocycles. The number of aromatic nitrogens is 6. The Bertz CT molecular complexity index is 1510. The van der Waals surface area contributed by atoms with Crippen LogP contribution in [0.4, 0.5) is 5.95 Å². The molecule has 2 aliphatic heterocycles. The van der Waals surface area contributed by atoms with Crippen LogP contribution in [0.1, 0.15) is 5.56 Å². The zero-order valence-electron chi connectivity index (χ0n) is 15.9. The third kappa shape index (κ3) is 2.62. The number of nitrogens with zero attached hydrogens (tertiary/aromatic N) is 6. The Morgan fingerprint density at radius 2 is 1.77 bits per heavy atom. The quantitative estimate of drug-likeness (QED) is 0.443. The van der Waals surface area contributed by atoms with Gasteiger partial charge in [0.2, 0.25) is 23.3 Å². The molecule has 0 aliphatic carbocycles. The van der Waals surface area contributed by atoms with Crippen molar-refractivity contribution in [2.24, 2.45) is 0 Å². The molecule has 2 aromatic carbocycles. The van der Waals surface area contributed by atoms with Gasteiger partial charge in [-0.1, -0.05) is 30.3 Å². The summed E-state index contributed by atoms with van der Waals surface area (Å²) in [4.78, 5) is 25.9. The van der Waals surface area contributed by atoms with Crippen molar-refractivity contribution < 1.29 is 4.74 Å². The molecule has 0 amide bonds. The standard InChI is InChI=1S/C20H16N8O2/c1-30-14-9-7-12(8-10-14)11-15-16(29)27-19(23-15)26(13-5-3-2-4-6-13)20-25-17(21)24-18(22)28(20)27/h2-11H,1H3,(H3,21,22,24)/b15-11-. The van der Waals surface area contributed by atoms with E-state index in [1.807, 2.05) is 42.5 Å². The zero-order valence-corrected chi connectivity index (χ0v) is 15.9. The van der Waals surface area contributed by atoms with Gasteiger partial charge in [0.25, 0.3) is 5.56 Å². The number of nitrogen functional groups attached to an aromatic ring is 1. The van der Waals surface area contributed by atoms with E-state index in [0.29, 0.717) is 5.95 Å². The molecule has 2 aliphatic rings. The molecule has 0 unspecified atom stereocenters. The second kappa shape index (κ2) is 6.55. The van der Waals surface area contributed by atoms with Crippen LogP contribution in [-0.4, -0.2) is 35.8 Å². The van der Waals surface area contributed by atoms with Gasteiger partial charge >= 0.3 is 0 Å². The van der Waals surface area contributed by atoms with E-state index < -0.39 is 5.56 Å². The van der Waals surface area contributed by atoms with Crippen LogP contribution in [0.15, 0.2) is 59.4 Å². The molecular formula is C20H16N8O2. The SMILES string of the molecule is COc1ccc(/C=c2\nc3n(-c4ccccc4)c4nc(N)nc(=N)n4n-3c2=O)cc1. The van der Waals surface area contributed by atoms with Gasteiger partial charge in [0, 0.05) is 0 Å². The summed E-state index contributed by atoms with van der Waals surface area (Å²) in [6, 6.07) is 16.6. The Labute approximate surface area is 169 Å². The Balaban J connectivity index is 1.86.